The highest BCUT2D eigenvalue weighted by molar-refractivity contribution is 5.58. The van der Waals surface area contributed by atoms with E-state index in [0.717, 1.165) is 38.2 Å². The number of nitrogens with one attached hydrogen (secondary N) is 1. The third-order valence-electron chi connectivity index (χ3n) is 4.07. The molecule has 1 aliphatic heterocycles. The Labute approximate surface area is 109 Å². The number of anilines is 1. The van der Waals surface area contributed by atoms with Crippen LogP contribution in [0.5, 0.6) is 0 Å². The van der Waals surface area contributed by atoms with Crippen LogP contribution in [0, 0.1) is 11.2 Å². The molecule has 2 nitrogen and oxygen atoms in total. The van der Waals surface area contributed by atoms with Crippen molar-refractivity contribution in [2.24, 2.45) is 5.41 Å². The molecule has 1 atom stereocenters. The lowest BCUT2D eigenvalue weighted by molar-refractivity contribution is 0.305. The van der Waals surface area contributed by atoms with Gasteiger partial charge < -0.3 is 10.2 Å². The maximum Gasteiger partial charge on any atom is 0.125 e. The second kappa shape index (κ2) is 5.27. The minimum atomic E-state index is -0.132. The Morgan fingerprint density at radius 1 is 1.44 bits per heavy atom. The summed E-state index contributed by atoms with van der Waals surface area (Å²) < 4.78 is 13.4. The summed E-state index contributed by atoms with van der Waals surface area (Å²) in [6.45, 7) is 7.50. The lowest BCUT2D eigenvalue weighted by atomic mass is 9.87. The van der Waals surface area contributed by atoms with Gasteiger partial charge in [0, 0.05) is 25.3 Å². The van der Waals surface area contributed by atoms with Gasteiger partial charge in [0.05, 0.1) is 0 Å². The van der Waals surface area contributed by atoms with Crippen LogP contribution in [-0.4, -0.2) is 26.7 Å². The number of nitrogens with zero attached hydrogens (tertiary/aromatic N) is 1. The lowest BCUT2D eigenvalue weighted by Gasteiger charge is -2.34. The Balaban J connectivity index is 2.16. The van der Waals surface area contributed by atoms with Crippen molar-refractivity contribution in [3.8, 4) is 0 Å². The molecule has 0 aromatic heterocycles. The van der Waals surface area contributed by atoms with E-state index in [4.69, 9.17) is 0 Å². The zero-order chi connectivity index (χ0) is 13.2. The number of fused-ring (bicyclic) bond motifs is 1. The van der Waals surface area contributed by atoms with Crippen LogP contribution >= 0.6 is 0 Å². The fourth-order valence-corrected chi connectivity index (χ4v) is 2.76. The zero-order valence-corrected chi connectivity index (χ0v) is 11.6. The predicted molar refractivity (Wildman–Crippen MR) is 74.6 cm³/mol. The molecule has 0 fully saturated rings. The Bertz CT molecular complexity index is 419. The number of halogens is 1. The molecule has 0 saturated carbocycles. The molecular weight excluding hydrogens is 227 g/mol. The molecule has 1 aromatic rings. The van der Waals surface area contributed by atoms with E-state index < -0.39 is 0 Å². The van der Waals surface area contributed by atoms with Crippen molar-refractivity contribution in [3.63, 3.8) is 0 Å². The van der Waals surface area contributed by atoms with Crippen LogP contribution in [0.2, 0.25) is 0 Å². The molecule has 0 spiro atoms. The molecule has 0 saturated heterocycles. The van der Waals surface area contributed by atoms with E-state index in [9.17, 15) is 4.39 Å². The Hall–Kier alpha value is -1.09. The maximum atomic E-state index is 13.4. The zero-order valence-electron chi connectivity index (χ0n) is 11.6. The third-order valence-corrected chi connectivity index (χ3v) is 4.07. The van der Waals surface area contributed by atoms with Crippen LogP contribution in [0.1, 0.15) is 25.8 Å². The van der Waals surface area contributed by atoms with E-state index in [-0.39, 0.29) is 11.2 Å². The molecule has 0 aliphatic carbocycles. The van der Waals surface area contributed by atoms with Gasteiger partial charge in [0.2, 0.25) is 0 Å². The number of hydrogen-bond donors (Lipinski definition) is 1. The van der Waals surface area contributed by atoms with Gasteiger partial charge in [-0.15, -0.1) is 0 Å². The van der Waals surface area contributed by atoms with Crippen molar-refractivity contribution in [3.05, 3.63) is 29.6 Å². The van der Waals surface area contributed by atoms with E-state index in [1.807, 2.05) is 13.1 Å². The van der Waals surface area contributed by atoms with Gasteiger partial charge in [-0.05, 0) is 43.0 Å². The summed E-state index contributed by atoms with van der Waals surface area (Å²) >= 11 is 0. The van der Waals surface area contributed by atoms with Crippen molar-refractivity contribution in [2.45, 2.75) is 26.7 Å². The molecule has 0 radical (unpaired) electrons. The van der Waals surface area contributed by atoms with Gasteiger partial charge in [-0.3, -0.25) is 0 Å². The minimum absolute atomic E-state index is 0.132. The fourth-order valence-electron chi connectivity index (χ4n) is 2.76. The number of benzene rings is 1. The van der Waals surface area contributed by atoms with E-state index in [2.05, 4.69) is 24.1 Å². The highest BCUT2D eigenvalue weighted by atomic mass is 19.1. The van der Waals surface area contributed by atoms with Gasteiger partial charge in [0.1, 0.15) is 5.82 Å². The van der Waals surface area contributed by atoms with Crippen LogP contribution in [0.25, 0.3) is 0 Å². The average Bonchev–Trinajstić information content (AvgIpc) is 2.72. The van der Waals surface area contributed by atoms with Gasteiger partial charge in [-0.2, -0.15) is 0 Å². The maximum absolute atomic E-state index is 13.4. The summed E-state index contributed by atoms with van der Waals surface area (Å²) in [5.74, 6) is -0.132. The average molecular weight is 250 g/mol. The molecular formula is C15H23FN2. The van der Waals surface area contributed by atoms with Crippen molar-refractivity contribution in [1.29, 1.82) is 0 Å². The van der Waals surface area contributed by atoms with Crippen LogP contribution in [-0.2, 0) is 6.42 Å². The summed E-state index contributed by atoms with van der Waals surface area (Å²) in [4.78, 5) is 2.33. The van der Waals surface area contributed by atoms with E-state index in [1.54, 1.807) is 12.1 Å². The van der Waals surface area contributed by atoms with Crippen molar-refractivity contribution in [2.75, 3.05) is 31.6 Å². The van der Waals surface area contributed by atoms with Crippen LogP contribution in [0.4, 0.5) is 10.1 Å². The second-order valence-electron chi connectivity index (χ2n) is 5.64. The fraction of sp³-hybridized carbons (Fsp3) is 0.600. The van der Waals surface area contributed by atoms with Crippen molar-refractivity contribution < 1.29 is 4.39 Å². The summed E-state index contributed by atoms with van der Waals surface area (Å²) in [5.41, 5.74) is 2.60. The SMILES string of the molecule is CCC(C)(CNC)CN1CCc2ccc(F)cc21. The first kappa shape index (κ1) is 13.3. The summed E-state index contributed by atoms with van der Waals surface area (Å²) in [7, 11) is 1.99. The monoisotopic (exact) mass is 250 g/mol. The van der Waals surface area contributed by atoms with Crippen molar-refractivity contribution >= 4 is 5.69 Å². The number of hydrogen-bond acceptors (Lipinski definition) is 2. The third kappa shape index (κ3) is 2.66. The molecule has 1 unspecified atom stereocenters. The molecule has 0 amide bonds. The van der Waals surface area contributed by atoms with E-state index >= 15 is 0 Å². The number of rotatable bonds is 5. The van der Waals surface area contributed by atoms with E-state index in [0.29, 0.717) is 0 Å². The first-order valence-electron chi connectivity index (χ1n) is 6.76. The summed E-state index contributed by atoms with van der Waals surface area (Å²) in [5, 5.41) is 3.27. The normalized spacial score (nSPS) is 17.7. The van der Waals surface area contributed by atoms with E-state index in [1.165, 1.54) is 5.56 Å². The molecule has 100 valence electrons. The van der Waals surface area contributed by atoms with Crippen LogP contribution in [0.15, 0.2) is 18.2 Å². The first-order valence-corrected chi connectivity index (χ1v) is 6.76. The smallest absolute Gasteiger partial charge is 0.125 e. The molecule has 1 aliphatic rings. The summed E-state index contributed by atoms with van der Waals surface area (Å²) in [6, 6.07) is 5.17. The molecule has 1 heterocycles. The molecule has 3 heteroatoms. The molecule has 2 rings (SSSR count). The van der Waals surface area contributed by atoms with Gasteiger partial charge in [0.25, 0.3) is 0 Å². The molecule has 18 heavy (non-hydrogen) atoms. The Morgan fingerprint density at radius 3 is 2.89 bits per heavy atom. The largest absolute Gasteiger partial charge is 0.370 e. The Morgan fingerprint density at radius 2 is 2.22 bits per heavy atom. The quantitative estimate of drug-likeness (QED) is 0.864. The van der Waals surface area contributed by atoms with Gasteiger partial charge >= 0.3 is 0 Å². The second-order valence-corrected chi connectivity index (χ2v) is 5.64. The highest BCUT2D eigenvalue weighted by Gasteiger charge is 2.28. The van der Waals surface area contributed by atoms with Crippen LogP contribution in [0.3, 0.4) is 0 Å². The highest BCUT2D eigenvalue weighted by Crippen LogP contribution is 2.32. The molecule has 0 bridgehead atoms. The van der Waals surface area contributed by atoms with Gasteiger partial charge in [-0.1, -0.05) is 19.9 Å². The standard InChI is InChI=1S/C15H23FN2/c1-4-15(2,10-17-3)11-18-8-7-12-5-6-13(16)9-14(12)18/h5-6,9,17H,4,7-8,10-11H2,1-3H3. The lowest BCUT2D eigenvalue weighted by Crippen LogP contribution is -2.40. The topological polar surface area (TPSA) is 15.3 Å². The summed E-state index contributed by atoms with van der Waals surface area (Å²) in [6.07, 6.45) is 2.16. The Kier molecular flexibility index (Phi) is 3.91. The first-order chi connectivity index (χ1) is 8.58. The molecule has 1 aromatic carbocycles. The van der Waals surface area contributed by atoms with Gasteiger partial charge in [-0.25, -0.2) is 4.39 Å². The minimum Gasteiger partial charge on any atom is -0.370 e. The van der Waals surface area contributed by atoms with Gasteiger partial charge in [0.15, 0.2) is 0 Å². The molecule has 1 N–H and O–H groups in total. The van der Waals surface area contributed by atoms with Crippen LogP contribution < -0.4 is 10.2 Å². The predicted octanol–water partition coefficient (Wildman–Crippen LogP) is 2.82. The van der Waals surface area contributed by atoms with Crippen molar-refractivity contribution in [1.82, 2.24) is 5.32 Å².